The number of benzene rings is 2. The van der Waals surface area contributed by atoms with E-state index in [4.69, 9.17) is 21.1 Å². The van der Waals surface area contributed by atoms with Gasteiger partial charge in [0.2, 0.25) is 0 Å². The lowest BCUT2D eigenvalue weighted by atomic mass is 10.0. The van der Waals surface area contributed by atoms with Crippen molar-refractivity contribution in [3.63, 3.8) is 0 Å². The van der Waals surface area contributed by atoms with Crippen molar-refractivity contribution in [3.8, 4) is 11.5 Å². The molecule has 0 radical (unpaired) electrons. The summed E-state index contributed by atoms with van der Waals surface area (Å²) in [4.78, 5) is 0. The largest absolute Gasteiger partial charge is 0.494 e. The predicted molar refractivity (Wildman–Crippen MR) is 94.6 cm³/mol. The van der Waals surface area contributed by atoms with Gasteiger partial charge in [0.05, 0.1) is 13.2 Å². The number of fused-ring (bicyclic) bond motifs is 1. The average Bonchev–Trinajstić information content (AvgIpc) is 2.56. The Labute approximate surface area is 138 Å². The van der Waals surface area contributed by atoms with Crippen molar-refractivity contribution < 1.29 is 9.47 Å². The van der Waals surface area contributed by atoms with Gasteiger partial charge in [0, 0.05) is 11.4 Å². The highest BCUT2D eigenvalue weighted by Gasteiger charge is 2.08. The van der Waals surface area contributed by atoms with Crippen molar-refractivity contribution in [1.82, 2.24) is 0 Å². The van der Waals surface area contributed by atoms with Gasteiger partial charge in [-0.1, -0.05) is 26.0 Å². The van der Waals surface area contributed by atoms with E-state index < -0.39 is 0 Å². The summed E-state index contributed by atoms with van der Waals surface area (Å²) < 4.78 is 11.7. The molecule has 2 aromatic carbocycles. The number of aryl methyl sites for hydroxylation is 1. The molecule has 3 heteroatoms. The smallest absolute Gasteiger partial charge is 0.123 e. The van der Waals surface area contributed by atoms with Crippen LogP contribution in [0, 0.1) is 0 Å². The molecular formula is C19H25ClO2. The van der Waals surface area contributed by atoms with Crippen molar-refractivity contribution in [2.24, 2.45) is 0 Å². The average molecular weight is 321 g/mol. The van der Waals surface area contributed by atoms with E-state index in [0.29, 0.717) is 5.88 Å². The molecule has 0 aromatic heterocycles. The summed E-state index contributed by atoms with van der Waals surface area (Å²) in [5.41, 5.74) is 1.27. The lowest BCUT2D eigenvalue weighted by molar-refractivity contribution is 0.307. The molecule has 0 spiro atoms. The van der Waals surface area contributed by atoms with Crippen molar-refractivity contribution >= 4 is 22.4 Å². The Hall–Kier alpha value is -1.41. The van der Waals surface area contributed by atoms with E-state index in [1.54, 1.807) is 0 Å². The van der Waals surface area contributed by atoms with E-state index in [0.717, 1.165) is 50.4 Å². The highest BCUT2D eigenvalue weighted by atomic mass is 35.5. The van der Waals surface area contributed by atoms with Gasteiger partial charge in [-0.2, -0.15) is 0 Å². The number of ether oxygens (including phenoxy) is 2. The summed E-state index contributed by atoms with van der Waals surface area (Å²) in [6.07, 6.45) is 3.97. The quantitative estimate of drug-likeness (QED) is 0.443. The van der Waals surface area contributed by atoms with E-state index in [-0.39, 0.29) is 0 Å². The van der Waals surface area contributed by atoms with Gasteiger partial charge in [0.1, 0.15) is 11.5 Å². The number of hydrogen-bond donors (Lipinski definition) is 0. The maximum absolute atomic E-state index is 5.94. The number of unbranched alkanes of at least 4 members (excludes halogenated alkanes) is 1. The Balaban J connectivity index is 2.21. The number of rotatable bonds is 9. The maximum Gasteiger partial charge on any atom is 0.123 e. The van der Waals surface area contributed by atoms with Crippen molar-refractivity contribution in [3.05, 3.63) is 35.9 Å². The van der Waals surface area contributed by atoms with Crippen LogP contribution < -0.4 is 9.47 Å². The lowest BCUT2D eigenvalue weighted by Crippen LogP contribution is -2.01. The molecular weight excluding hydrogens is 296 g/mol. The van der Waals surface area contributed by atoms with Crippen LogP contribution in [-0.2, 0) is 6.42 Å². The Morgan fingerprint density at radius 2 is 1.82 bits per heavy atom. The molecule has 0 fully saturated rings. The molecule has 0 aliphatic rings. The molecule has 0 aliphatic carbocycles. The third kappa shape index (κ3) is 4.30. The number of hydrogen-bond acceptors (Lipinski definition) is 2. The molecule has 0 N–H and O–H groups in total. The van der Waals surface area contributed by atoms with Gasteiger partial charge in [-0.05, 0) is 54.7 Å². The zero-order valence-corrected chi connectivity index (χ0v) is 14.3. The highest BCUT2D eigenvalue weighted by Crippen LogP contribution is 2.31. The van der Waals surface area contributed by atoms with Gasteiger partial charge in [-0.25, -0.2) is 0 Å². The van der Waals surface area contributed by atoms with Crippen LogP contribution >= 0.6 is 11.6 Å². The molecule has 2 nitrogen and oxygen atoms in total. The van der Waals surface area contributed by atoms with Gasteiger partial charge in [0.25, 0.3) is 0 Å². The minimum absolute atomic E-state index is 0.697. The number of alkyl halides is 1. The first-order chi connectivity index (χ1) is 10.8. The van der Waals surface area contributed by atoms with Gasteiger partial charge >= 0.3 is 0 Å². The minimum atomic E-state index is 0.697. The van der Waals surface area contributed by atoms with Crippen molar-refractivity contribution in [2.75, 3.05) is 19.1 Å². The van der Waals surface area contributed by atoms with Gasteiger partial charge in [-0.15, -0.1) is 11.6 Å². The fraction of sp³-hybridized carbons (Fsp3) is 0.474. The minimum Gasteiger partial charge on any atom is -0.494 e. The van der Waals surface area contributed by atoms with Gasteiger partial charge < -0.3 is 9.47 Å². The molecule has 2 aromatic rings. The topological polar surface area (TPSA) is 18.5 Å². The van der Waals surface area contributed by atoms with Crippen LogP contribution in [0.3, 0.4) is 0 Å². The SMILES string of the molecule is CCCOc1ccc2c(CC)c(OCCCCCl)ccc2c1. The third-order valence-corrected chi connectivity index (χ3v) is 3.94. The van der Waals surface area contributed by atoms with Crippen LogP contribution in [0.1, 0.15) is 38.7 Å². The van der Waals surface area contributed by atoms with Crippen LogP contribution in [0.25, 0.3) is 10.8 Å². The van der Waals surface area contributed by atoms with E-state index in [1.807, 2.05) is 0 Å². The third-order valence-electron chi connectivity index (χ3n) is 3.67. The first-order valence-electron chi connectivity index (χ1n) is 8.17. The fourth-order valence-corrected chi connectivity index (χ4v) is 2.73. The van der Waals surface area contributed by atoms with Gasteiger partial charge in [0.15, 0.2) is 0 Å². The van der Waals surface area contributed by atoms with Crippen molar-refractivity contribution in [2.45, 2.75) is 39.5 Å². The molecule has 0 saturated heterocycles. The van der Waals surface area contributed by atoms with Crippen molar-refractivity contribution in [1.29, 1.82) is 0 Å². The van der Waals surface area contributed by atoms with Crippen LogP contribution in [0.4, 0.5) is 0 Å². The monoisotopic (exact) mass is 320 g/mol. The molecule has 0 atom stereocenters. The fourth-order valence-electron chi connectivity index (χ4n) is 2.54. The highest BCUT2D eigenvalue weighted by molar-refractivity contribution is 6.17. The van der Waals surface area contributed by atoms with Crippen LogP contribution in [-0.4, -0.2) is 19.1 Å². The predicted octanol–water partition coefficient (Wildman–Crippen LogP) is 5.59. The summed E-state index contributed by atoms with van der Waals surface area (Å²) in [5, 5.41) is 2.46. The summed E-state index contributed by atoms with van der Waals surface area (Å²) in [7, 11) is 0. The standard InChI is InChI=1S/C19H25ClO2/c1-3-12-21-16-8-9-18-15(14-16)7-10-19(17(18)4-2)22-13-6-5-11-20/h7-10,14H,3-6,11-13H2,1-2H3. The summed E-state index contributed by atoms with van der Waals surface area (Å²) in [5.74, 6) is 2.63. The van der Waals surface area contributed by atoms with Gasteiger partial charge in [-0.3, -0.25) is 0 Å². The number of halogens is 1. The molecule has 0 aliphatic heterocycles. The molecule has 0 unspecified atom stereocenters. The molecule has 120 valence electrons. The molecule has 0 heterocycles. The van der Waals surface area contributed by atoms with Crippen LogP contribution in [0.5, 0.6) is 11.5 Å². The maximum atomic E-state index is 5.94. The van der Waals surface area contributed by atoms with E-state index in [9.17, 15) is 0 Å². The Morgan fingerprint density at radius 3 is 2.55 bits per heavy atom. The van der Waals surface area contributed by atoms with E-state index in [2.05, 4.69) is 44.2 Å². The van der Waals surface area contributed by atoms with E-state index >= 15 is 0 Å². The molecule has 0 saturated carbocycles. The Bertz CT molecular complexity index is 595. The second kappa shape index (κ2) is 8.89. The van der Waals surface area contributed by atoms with E-state index in [1.165, 1.54) is 16.3 Å². The first kappa shape index (κ1) is 17.0. The molecule has 2 rings (SSSR count). The first-order valence-corrected chi connectivity index (χ1v) is 8.70. The lowest BCUT2D eigenvalue weighted by Gasteiger charge is -2.14. The Morgan fingerprint density at radius 1 is 0.955 bits per heavy atom. The zero-order valence-electron chi connectivity index (χ0n) is 13.5. The normalized spacial score (nSPS) is 10.9. The summed E-state index contributed by atoms with van der Waals surface area (Å²) in [6, 6.07) is 10.5. The summed E-state index contributed by atoms with van der Waals surface area (Å²) >= 11 is 5.70. The summed E-state index contributed by atoms with van der Waals surface area (Å²) in [6.45, 7) is 5.77. The Kier molecular flexibility index (Phi) is 6.85. The molecule has 0 amide bonds. The van der Waals surface area contributed by atoms with Crippen LogP contribution in [0.2, 0.25) is 0 Å². The second-order valence-corrected chi connectivity index (χ2v) is 5.75. The second-order valence-electron chi connectivity index (χ2n) is 5.37. The molecule has 0 bridgehead atoms. The van der Waals surface area contributed by atoms with Crippen LogP contribution in [0.15, 0.2) is 30.3 Å². The molecule has 22 heavy (non-hydrogen) atoms. The zero-order chi connectivity index (χ0) is 15.8.